The second-order valence-corrected chi connectivity index (χ2v) is 5.00. The largest absolute Gasteiger partial charge is 0.374 e. The van der Waals surface area contributed by atoms with E-state index in [-0.39, 0.29) is 0 Å². The Bertz CT molecular complexity index is 173. The first-order valence-electron chi connectivity index (χ1n) is 6.14. The molecule has 15 heavy (non-hydrogen) atoms. The van der Waals surface area contributed by atoms with Gasteiger partial charge in [0.05, 0.1) is 12.7 Å². The molecule has 1 atom stereocenters. The van der Waals surface area contributed by atoms with E-state index in [1.165, 1.54) is 6.54 Å². The minimum Gasteiger partial charge on any atom is -0.374 e. The van der Waals surface area contributed by atoms with E-state index in [0.717, 1.165) is 38.7 Å². The van der Waals surface area contributed by atoms with Crippen molar-refractivity contribution >= 4 is 0 Å². The Morgan fingerprint density at radius 2 is 2.20 bits per heavy atom. The molecule has 1 aliphatic rings. The molecule has 1 aliphatic heterocycles. The van der Waals surface area contributed by atoms with E-state index in [0.29, 0.717) is 6.10 Å². The molecule has 0 aromatic heterocycles. The quantitative estimate of drug-likeness (QED) is 0.686. The Morgan fingerprint density at radius 3 is 2.80 bits per heavy atom. The van der Waals surface area contributed by atoms with Crippen LogP contribution >= 0.6 is 0 Å². The van der Waals surface area contributed by atoms with Gasteiger partial charge >= 0.3 is 0 Å². The van der Waals surface area contributed by atoms with Gasteiger partial charge in [-0.15, -0.1) is 0 Å². The van der Waals surface area contributed by atoms with Crippen molar-refractivity contribution in [2.75, 3.05) is 46.4 Å². The summed E-state index contributed by atoms with van der Waals surface area (Å²) in [4.78, 5) is 4.85. The summed E-state index contributed by atoms with van der Waals surface area (Å²) in [5.74, 6) is 0.757. The molecular formula is C12H26N2O. The predicted molar refractivity (Wildman–Crippen MR) is 64.2 cm³/mol. The minimum absolute atomic E-state index is 0.405. The van der Waals surface area contributed by atoms with Crippen molar-refractivity contribution in [1.29, 1.82) is 0 Å². The van der Waals surface area contributed by atoms with E-state index >= 15 is 0 Å². The second kappa shape index (κ2) is 6.46. The Balaban J connectivity index is 2.28. The molecule has 1 rings (SSSR count). The predicted octanol–water partition coefficient (Wildman–Crippen LogP) is 1.29. The van der Waals surface area contributed by atoms with Crippen molar-refractivity contribution < 1.29 is 4.74 Å². The molecule has 3 heteroatoms. The highest BCUT2D eigenvalue weighted by Crippen LogP contribution is 2.08. The van der Waals surface area contributed by atoms with E-state index in [1.807, 2.05) is 0 Å². The average molecular weight is 214 g/mol. The molecule has 0 aliphatic carbocycles. The van der Waals surface area contributed by atoms with Crippen molar-refractivity contribution in [3.63, 3.8) is 0 Å². The molecule has 0 amide bonds. The van der Waals surface area contributed by atoms with Crippen LogP contribution in [0.4, 0.5) is 0 Å². The van der Waals surface area contributed by atoms with Crippen molar-refractivity contribution in [2.24, 2.45) is 5.92 Å². The van der Waals surface area contributed by atoms with E-state index in [2.05, 4.69) is 37.6 Å². The average Bonchev–Trinajstić information content (AvgIpc) is 2.17. The standard InChI is InChI=1S/C12H26N2O/c1-5-13(4)9-12-10-14(6-7-15-12)8-11(2)3/h11-12H,5-10H2,1-4H3/t12-/m1/s1. The highest BCUT2D eigenvalue weighted by molar-refractivity contribution is 4.74. The fraction of sp³-hybridized carbons (Fsp3) is 1.00. The fourth-order valence-electron chi connectivity index (χ4n) is 2.05. The zero-order chi connectivity index (χ0) is 11.3. The van der Waals surface area contributed by atoms with Crippen LogP contribution in [-0.2, 0) is 4.74 Å². The van der Waals surface area contributed by atoms with Gasteiger partial charge in [-0.1, -0.05) is 20.8 Å². The molecule has 0 spiro atoms. The van der Waals surface area contributed by atoms with E-state index in [1.54, 1.807) is 0 Å². The van der Waals surface area contributed by atoms with Crippen LogP contribution in [0.15, 0.2) is 0 Å². The molecule has 0 aromatic carbocycles. The molecule has 1 saturated heterocycles. The molecule has 0 saturated carbocycles. The van der Waals surface area contributed by atoms with Crippen LogP contribution in [0.25, 0.3) is 0 Å². The normalized spacial score (nSPS) is 24.0. The minimum atomic E-state index is 0.405. The third-order valence-corrected chi connectivity index (χ3v) is 2.90. The van der Waals surface area contributed by atoms with Crippen LogP contribution in [0.1, 0.15) is 20.8 Å². The first kappa shape index (κ1) is 12.9. The van der Waals surface area contributed by atoms with E-state index < -0.39 is 0 Å². The van der Waals surface area contributed by atoms with Crippen LogP contribution in [0, 0.1) is 5.92 Å². The van der Waals surface area contributed by atoms with Gasteiger partial charge in [0.15, 0.2) is 0 Å². The number of nitrogens with zero attached hydrogens (tertiary/aromatic N) is 2. The van der Waals surface area contributed by atoms with E-state index in [9.17, 15) is 0 Å². The van der Waals surface area contributed by atoms with Crippen molar-refractivity contribution in [3.8, 4) is 0 Å². The summed E-state index contributed by atoms with van der Waals surface area (Å²) in [6.07, 6.45) is 0.405. The lowest BCUT2D eigenvalue weighted by molar-refractivity contribution is -0.0427. The van der Waals surface area contributed by atoms with Crippen LogP contribution in [-0.4, -0.2) is 62.3 Å². The highest BCUT2D eigenvalue weighted by atomic mass is 16.5. The Hall–Kier alpha value is -0.120. The summed E-state index contributed by atoms with van der Waals surface area (Å²) in [6, 6.07) is 0. The highest BCUT2D eigenvalue weighted by Gasteiger charge is 2.21. The maximum Gasteiger partial charge on any atom is 0.0829 e. The Morgan fingerprint density at radius 1 is 1.47 bits per heavy atom. The van der Waals surface area contributed by atoms with Gasteiger partial charge < -0.3 is 9.64 Å². The van der Waals surface area contributed by atoms with Crippen molar-refractivity contribution in [2.45, 2.75) is 26.9 Å². The van der Waals surface area contributed by atoms with E-state index in [4.69, 9.17) is 4.74 Å². The lowest BCUT2D eigenvalue weighted by atomic mass is 10.2. The third kappa shape index (κ3) is 4.96. The number of hydrogen-bond acceptors (Lipinski definition) is 3. The Labute approximate surface area is 94.4 Å². The van der Waals surface area contributed by atoms with Crippen LogP contribution in [0.3, 0.4) is 0 Å². The molecule has 0 aromatic rings. The summed E-state index contributed by atoms with van der Waals surface area (Å²) < 4.78 is 5.78. The van der Waals surface area contributed by atoms with Crippen molar-refractivity contribution in [1.82, 2.24) is 9.80 Å². The lowest BCUT2D eigenvalue weighted by Crippen LogP contribution is -2.47. The Kier molecular flexibility index (Phi) is 5.58. The molecule has 1 fully saturated rings. The number of rotatable bonds is 5. The number of hydrogen-bond donors (Lipinski definition) is 0. The molecular weight excluding hydrogens is 188 g/mol. The number of likely N-dealkylation sites (N-methyl/N-ethyl adjacent to an activating group) is 1. The maximum absolute atomic E-state index is 5.78. The number of morpholine rings is 1. The molecule has 0 radical (unpaired) electrons. The van der Waals surface area contributed by atoms with Gasteiger partial charge in [0, 0.05) is 26.2 Å². The summed E-state index contributed by atoms with van der Waals surface area (Å²) >= 11 is 0. The molecule has 90 valence electrons. The molecule has 0 N–H and O–H groups in total. The van der Waals surface area contributed by atoms with Gasteiger partial charge in [0.2, 0.25) is 0 Å². The third-order valence-electron chi connectivity index (χ3n) is 2.90. The summed E-state index contributed by atoms with van der Waals surface area (Å²) in [7, 11) is 2.16. The van der Waals surface area contributed by atoms with Gasteiger partial charge in [0.1, 0.15) is 0 Å². The number of ether oxygens (including phenoxy) is 1. The zero-order valence-corrected chi connectivity index (χ0v) is 10.7. The van der Waals surface area contributed by atoms with Crippen molar-refractivity contribution in [3.05, 3.63) is 0 Å². The van der Waals surface area contributed by atoms with Crippen LogP contribution < -0.4 is 0 Å². The summed E-state index contributed by atoms with van der Waals surface area (Å²) in [6.45, 7) is 13.2. The zero-order valence-electron chi connectivity index (χ0n) is 10.7. The van der Waals surface area contributed by atoms with Gasteiger partial charge in [-0.25, -0.2) is 0 Å². The SMILES string of the molecule is CCN(C)C[C@@H]1CN(CC(C)C)CCO1. The monoisotopic (exact) mass is 214 g/mol. The van der Waals surface area contributed by atoms with Gasteiger partial charge in [0.25, 0.3) is 0 Å². The van der Waals surface area contributed by atoms with Gasteiger partial charge in [-0.05, 0) is 19.5 Å². The van der Waals surface area contributed by atoms with Crippen LogP contribution in [0.5, 0.6) is 0 Å². The second-order valence-electron chi connectivity index (χ2n) is 5.00. The smallest absolute Gasteiger partial charge is 0.0829 e. The molecule has 1 heterocycles. The van der Waals surface area contributed by atoms with Gasteiger partial charge in [-0.3, -0.25) is 4.90 Å². The molecule has 0 unspecified atom stereocenters. The fourth-order valence-corrected chi connectivity index (χ4v) is 2.05. The first-order chi connectivity index (χ1) is 7.11. The van der Waals surface area contributed by atoms with Crippen LogP contribution in [0.2, 0.25) is 0 Å². The summed E-state index contributed by atoms with van der Waals surface area (Å²) in [5, 5.41) is 0. The molecule has 3 nitrogen and oxygen atoms in total. The van der Waals surface area contributed by atoms with Gasteiger partial charge in [-0.2, -0.15) is 0 Å². The molecule has 0 bridgehead atoms. The topological polar surface area (TPSA) is 15.7 Å². The lowest BCUT2D eigenvalue weighted by Gasteiger charge is -2.35. The summed E-state index contributed by atoms with van der Waals surface area (Å²) in [5.41, 5.74) is 0. The maximum atomic E-state index is 5.78. The first-order valence-corrected chi connectivity index (χ1v) is 6.14.